The molecule has 1 atom stereocenters. The molecule has 0 aromatic heterocycles. The summed E-state index contributed by atoms with van der Waals surface area (Å²) in [7, 11) is 0. The largest absolute Gasteiger partial charge is 0.374 e. The number of hydrogen-bond donors (Lipinski definition) is 1. The van der Waals surface area contributed by atoms with Gasteiger partial charge in [0.25, 0.3) is 0 Å². The lowest BCUT2D eigenvalue weighted by Crippen LogP contribution is -2.51. The molecule has 26 heavy (non-hydrogen) atoms. The third-order valence-electron chi connectivity index (χ3n) is 4.86. The molecule has 0 unspecified atom stereocenters. The minimum atomic E-state index is -0.269. The van der Waals surface area contributed by atoms with Gasteiger partial charge in [0, 0.05) is 43.4 Å². The molecule has 1 heterocycles. The number of carbonyl (C=O) groups is 1. The number of aryl methyl sites for hydroxylation is 1. The number of halogens is 1. The first-order valence-electron chi connectivity index (χ1n) is 9.10. The molecule has 0 saturated carbocycles. The van der Waals surface area contributed by atoms with Gasteiger partial charge in [-0.1, -0.05) is 48.0 Å². The van der Waals surface area contributed by atoms with Gasteiger partial charge in [0.1, 0.15) is 6.04 Å². The summed E-state index contributed by atoms with van der Waals surface area (Å²) in [6, 6.07) is 16.0. The van der Waals surface area contributed by atoms with Gasteiger partial charge in [0.05, 0.1) is 0 Å². The molecule has 4 nitrogen and oxygen atoms in total. The molecule has 1 aliphatic heterocycles. The first-order valence-corrected chi connectivity index (χ1v) is 9.48. The van der Waals surface area contributed by atoms with Crippen LogP contribution in [0.5, 0.6) is 0 Å². The standard InChI is InChI=1S/C21H26ClN3O/c1-16-8-9-19(14-20(16)22)23-17(2)21(26)25-12-10-24(11-13-25)15-18-6-4-3-5-7-18/h3-9,14,17,23H,10-13,15H2,1-2H3/t17-/m1/s1. The Labute approximate surface area is 160 Å². The van der Waals surface area contributed by atoms with Gasteiger partial charge in [0.2, 0.25) is 5.91 Å². The summed E-state index contributed by atoms with van der Waals surface area (Å²) in [5, 5.41) is 3.98. The van der Waals surface area contributed by atoms with Crippen molar-refractivity contribution in [3.63, 3.8) is 0 Å². The summed E-state index contributed by atoms with van der Waals surface area (Å²) in [6.07, 6.45) is 0. The summed E-state index contributed by atoms with van der Waals surface area (Å²) in [5.74, 6) is 0.140. The van der Waals surface area contributed by atoms with E-state index in [2.05, 4.69) is 34.5 Å². The Morgan fingerprint density at radius 1 is 1.12 bits per heavy atom. The van der Waals surface area contributed by atoms with Crippen LogP contribution < -0.4 is 5.32 Å². The van der Waals surface area contributed by atoms with Gasteiger partial charge < -0.3 is 10.2 Å². The second kappa shape index (κ2) is 8.56. The quantitative estimate of drug-likeness (QED) is 0.868. The second-order valence-corrected chi connectivity index (χ2v) is 7.32. The van der Waals surface area contributed by atoms with Crippen LogP contribution >= 0.6 is 11.6 Å². The van der Waals surface area contributed by atoms with Crippen molar-refractivity contribution in [3.8, 4) is 0 Å². The zero-order valence-corrected chi connectivity index (χ0v) is 16.2. The van der Waals surface area contributed by atoms with Crippen LogP contribution in [0.25, 0.3) is 0 Å². The molecule has 1 amide bonds. The minimum absolute atomic E-state index is 0.140. The van der Waals surface area contributed by atoms with Crippen LogP contribution in [0.1, 0.15) is 18.1 Å². The van der Waals surface area contributed by atoms with Gasteiger partial charge in [-0.2, -0.15) is 0 Å². The highest BCUT2D eigenvalue weighted by molar-refractivity contribution is 6.31. The average Bonchev–Trinajstić information content (AvgIpc) is 2.65. The number of carbonyl (C=O) groups excluding carboxylic acids is 1. The van der Waals surface area contributed by atoms with Gasteiger partial charge in [-0.3, -0.25) is 9.69 Å². The predicted molar refractivity (Wildman–Crippen MR) is 108 cm³/mol. The molecule has 0 radical (unpaired) electrons. The molecule has 1 fully saturated rings. The number of piperazine rings is 1. The van der Waals surface area contributed by atoms with E-state index in [4.69, 9.17) is 11.6 Å². The fraction of sp³-hybridized carbons (Fsp3) is 0.381. The highest BCUT2D eigenvalue weighted by Crippen LogP contribution is 2.21. The van der Waals surface area contributed by atoms with Crippen molar-refractivity contribution in [1.82, 2.24) is 9.80 Å². The van der Waals surface area contributed by atoms with Gasteiger partial charge in [-0.05, 0) is 37.1 Å². The van der Waals surface area contributed by atoms with Crippen LogP contribution in [0.15, 0.2) is 48.5 Å². The lowest BCUT2D eigenvalue weighted by molar-refractivity contribution is -0.133. The molecular formula is C21H26ClN3O. The Morgan fingerprint density at radius 3 is 2.46 bits per heavy atom. The molecule has 5 heteroatoms. The molecule has 2 aromatic rings. The molecule has 138 valence electrons. The van der Waals surface area contributed by atoms with E-state index >= 15 is 0 Å². The van der Waals surface area contributed by atoms with Crippen LogP contribution in [-0.4, -0.2) is 47.9 Å². The molecule has 1 aliphatic rings. The van der Waals surface area contributed by atoms with E-state index in [1.54, 1.807) is 0 Å². The fourth-order valence-corrected chi connectivity index (χ4v) is 3.42. The minimum Gasteiger partial charge on any atom is -0.374 e. The van der Waals surface area contributed by atoms with Crippen LogP contribution in [0.4, 0.5) is 5.69 Å². The zero-order chi connectivity index (χ0) is 18.5. The summed E-state index contributed by atoms with van der Waals surface area (Å²) < 4.78 is 0. The molecule has 1 saturated heterocycles. The molecule has 1 N–H and O–H groups in total. The Bertz CT molecular complexity index is 742. The Kier molecular flexibility index (Phi) is 6.17. The molecule has 0 spiro atoms. The van der Waals surface area contributed by atoms with Crippen LogP contribution in [0.2, 0.25) is 5.02 Å². The van der Waals surface area contributed by atoms with E-state index in [9.17, 15) is 4.79 Å². The SMILES string of the molecule is Cc1ccc(N[C@H](C)C(=O)N2CCN(Cc3ccccc3)CC2)cc1Cl. The molecule has 3 rings (SSSR count). The van der Waals surface area contributed by atoms with Crippen molar-refractivity contribution in [2.45, 2.75) is 26.4 Å². The zero-order valence-electron chi connectivity index (χ0n) is 15.4. The smallest absolute Gasteiger partial charge is 0.244 e. The number of nitrogens with zero attached hydrogens (tertiary/aromatic N) is 2. The summed E-state index contributed by atoms with van der Waals surface area (Å²) in [6.45, 7) is 8.17. The van der Waals surface area contributed by atoms with Crippen molar-refractivity contribution < 1.29 is 4.79 Å². The first kappa shape index (κ1) is 18.7. The van der Waals surface area contributed by atoms with E-state index in [0.717, 1.165) is 44.0 Å². The van der Waals surface area contributed by atoms with E-state index in [1.807, 2.05) is 43.0 Å². The Hall–Kier alpha value is -2.04. The maximum absolute atomic E-state index is 12.7. The predicted octanol–water partition coefficient (Wildman–Crippen LogP) is 3.79. The van der Waals surface area contributed by atoms with Crippen LogP contribution in [0, 0.1) is 6.92 Å². The maximum Gasteiger partial charge on any atom is 0.244 e. The monoisotopic (exact) mass is 371 g/mol. The number of amides is 1. The van der Waals surface area contributed by atoms with Gasteiger partial charge in [-0.15, -0.1) is 0 Å². The number of anilines is 1. The van der Waals surface area contributed by atoms with E-state index in [1.165, 1.54) is 5.56 Å². The van der Waals surface area contributed by atoms with E-state index in [-0.39, 0.29) is 11.9 Å². The number of hydrogen-bond acceptors (Lipinski definition) is 3. The molecule has 0 bridgehead atoms. The molecule has 2 aromatic carbocycles. The molecule has 0 aliphatic carbocycles. The first-order chi connectivity index (χ1) is 12.5. The van der Waals surface area contributed by atoms with Crippen LogP contribution in [0.3, 0.4) is 0 Å². The van der Waals surface area contributed by atoms with Gasteiger partial charge >= 0.3 is 0 Å². The van der Waals surface area contributed by atoms with Crippen molar-refractivity contribution in [2.24, 2.45) is 0 Å². The Balaban J connectivity index is 1.50. The maximum atomic E-state index is 12.7. The van der Waals surface area contributed by atoms with Gasteiger partial charge in [-0.25, -0.2) is 0 Å². The summed E-state index contributed by atoms with van der Waals surface area (Å²) in [5.41, 5.74) is 3.23. The lowest BCUT2D eigenvalue weighted by atomic mass is 10.1. The van der Waals surface area contributed by atoms with Crippen molar-refractivity contribution >= 4 is 23.2 Å². The number of benzene rings is 2. The van der Waals surface area contributed by atoms with Crippen LogP contribution in [-0.2, 0) is 11.3 Å². The van der Waals surface area contributed by atoms with Crippen molar-refractivity contribution in [3.05, 3.63) is 64.7 Å². The molecular weight excluding hydrogens is 346 g/mol. The highest BCUT2D eigenvalue weighted by Gasteiger charge is 2.24. The second-order valence-electron chi connectivity index (χ2n) is 6.92. The van der Waals surface area contributed by atoms with Crippen molar-refractivity contribution in [2.75, 3.05) is 31.5 Å². The normalized spacial score (nSPS) is 16.3. The van der Waals surface area contributed by atoms with E-state index in [0.29, 0.717) is 5.02 Å². The van der Waals surface area contributed by atoms with Gasteiger partial charge in [0.15, 0.2) is 0 Å². The van der Waals surface area contributed by atoms with E-state index < -0.39 is 0 Å². The summed E-state index contributed by atoms with van der Waals surface area (Å²) >= 11 is 6.17. The summed E-state index contributed by atoms with van der Waals surface area (Å²) in [4.78, 5) is 17.1. The number of nitrogens with one attached hydrogen (secondary N) is 1. The Morgan fingerprint density at radius 2 is 1.81 bits per heavy atom. The average molecular weight is 372 g/mol. The third kappa shape index (κ3) is 4.77. The lowest BCUT2D eigenvalue weighted by Gasteiger charge is -2.36. The third-order valence-corrected chi connectivity index (χ3v) is 5.27. The topological polar surface area (TPSA) is 35.6 Å². The number of rotatable bonds is 5. The van der Waals surface area contributed by atoms with Crippen molar-refractivity contribution in [1.29, 1.82) is 0 Å². The fourth-order valence-electron chi connectivity index (χ4n) is 3.24. The highest BCUT2D eigenvalue weighted by atomic mass is 35.5.